The Hall–Kier alpha value is 0.130. The van der Waals surface area contributed by atoms with E-state index >= 15 is 0 Å². The van der Waals surface area contributed by atoms with Crippen molar-refractivity contribution in [1.82, 2.24) is 5.32 Å². The molecule has 0 fully saturated rings. The van der Waals surface area contributed by atoms with Crippen molar-refractivity contribution in [2.24, 2.45) is 5.73 Å². The normalized spacial score (nSPS) is 12.7. The van der Waals surface area contributed by atoms with Gasteiger partial charge in [0.1, 0.15) is 0 Å². The lowest BCUT2D eigenvalue weighted by molar-refractivity contribution is -0.121. The Bertz CT molecular complexity index is 110. The number of rotatable bonds is 4. The summed E-state index contributed by atoms with van der Waals surface area (Å²) in [5.74, 6) is 0.840. The van der Waals surface area contributed by atoms with E-state index in [4.69, 9.17) is 5.73 Å². The van der Waals surface area contributed by atoms with Crippen LogP contribution >= 0.6 is 25.3 Å². The minimum absolute atomic E-state index is 0.163. The largest absolute Gasteiger partial charge is 0.354 e. The molecule has 0 aromatic carbocycles. The quantitative estimate of drug-likeness (QED) is 0.432. The molecule has 0 aliphatic heterocycles. The van der Waals surface area contributed by atoms with E-state index in [-0.39, 0.29) is 5.91 Å². The second kappa shape index (κ2) is 5.88. The fraction of sp³-hybridized carbons (Fsp3) is 0.800. The average Bonchev–Trinajstić information content (AvgIpc) is 1.98. The lowest BCUT2D eigenvalue weighted by Crippen LogP contribution is -2.42. The van der Waals surface area contributed by atoms with Crippen molar-refractivity contribution in [1.29, 1.82) is 0 Å². The minimum atomic E-state index is -0.497. The van der Waals surface area contributed by atoms with Gasteiger partial charge in [-0.15, -0.1) is 0 Å². The van der Waals surface area contributed by atoms with Gasteiger partial charge >= 0.3 is 0 Å². The smallest absolute Gasteiger partial charge is 0.237 e. The van der Waals surface area contributed by atoms with Crippen LogP contribution in [0.25, 0.3) is 0 Å². The highest BCUT2D eigenvalue weighted by Gasteiger charge is 2.08. The molecule has 60 valence electrons. The molecule has 5 heteroatoms. The van der Waals surface area contributed by atoms with Crippen LogP contribution in [-0.4, -0.2) is 30.0 Å². The number of carbonyl (C=O) groups is 1. The zero-order valence-corrected chi connectivity index (χ0v) is 7.37. The minimum Gasteiger partial charge on any atom is -0.354 e. The molecule has 0 radical (unpaired) electrons. The summed E-state index contributed by atoms with van der Waals surface area (Å²) in [6.45, 7) is 0.559. The van der Waals surface area contributed by atoms with Crippen molar-refractivity contribution >= 4 is 31.2 Å². The molecule has 10 heavy (non-hydrogen) atoms. The van der Waals surface area contributed by atoms with Gasteiger partial charge in [0.15, 0.2) is 0 Å². The summed E-state index contributed by atoms with van der Waals surface area (Å²) in [7, 11) is 0. The van der Waals surface area contributed by atoms with Gasteiger partial charge < -0.3 is 11.1 Å². The SMILES string of the molecule is NC(CS)C(=O)NCCS. The molecule has 0 saturated carbocycles. The molecule has 0 aliphatic carbocycles. The van der Waals surface area contributed by atoms with Gasteiger partial charge in [-0.25, -0.2) is 0 Å². The van der Waals surface area contributed by atoms with Crippen LogP contribution in [-0.2, 0) is 4.79 Å². The molecular formula is C5H12N2OS2. The molecule has 1 amide bonds. The number of nitrogens with one attached hydrogen (secondary N) is 1. The van der Waals surface area contributed by atoms with E-state index in [1.54, 1.807) is 0 Å². The first-order valence-electron chi connectivity index (χ1n) is 2.97. The Balaban J connectivity index is 3.42. The summed E-state index contributed by atoms with van der Waals surface area (Å²) in [4.78, 5) is 10.8. The first-order valence-corrected chi connectivity index (χ1v) is 4.24. The number of hydrogen-bond donors (Lipinski definition) is 4. The molecule has 3 N–H and O–H groups in total. The van der Waals surface area contributed by atoms with Gasteiger partial charge in [0, 0.05) is 18.1 Å². The second-order valence-electron chi connectivity index (χ2n) is 1.80. The zero-order chi connectivity index (χ0) is 7.98. The topological polar surface area (TPSA) is 55.1 Å². The molecule has 0 bridgehead atoms. The van der Waals surface area contributed by atoms with E-state index in [0.717, 1.165) is 0 Å². The van der Waals surface area contributed by atoms with Gasteiger partial charge in [-0.05, 0) is 0 Å². The van der Waals surface area contributed by atoms with Crippen molar-refractivity contribution in [2.45, 2.75) is 6.04 Å². The molecule has 0 spiro atoms. The van der Waals surface area contributed by atoms with Gasteiger partial charge in [-0.3, -0.25) is 4.79 Å². The van der Waals surface area contributed by atoms with Crippen LogP contribution in [0.2, 0.25) is 0 Å². The first-order chi connectivity index (χ1) is 4.72. The molecule has 0 aromatic rings. The van der Waals surface area contributed by atoms with E-state index in [0.29, 0.717) is 18.1 Å². The lowest BCUT2D eigenvalue weighted by Gasteiger charge is -2.07. The maximum Gasteiger partial charge on any atom is 0.237 e. The van der Waals surface area contributed by atoms with Crippen LogP contribution in [0.4, 0.5) is 0 Å². The van der Waals surface area contributed by atoms with Crippen molar-refractivity contribution in [3.63, 3.8) is 0 Å². The molecule has 0 rings (SSSR count). The first kappa shape index (κ1) is 10.1. The Kier molecular flexibility index (Phi) is 5.96. The standard InChI is InChI=1S/C5H12N2OS2/c6-4(3-10)5(8)7-1-2-9/h4,9-10H,1-3,6H2,(H,7,8). The fourth-order valence-electron chi connectivity index (χ4n) is 0.393. The zero-order valence-electron chi connectivity index (χ0n) is 5.58. The Morgan fingerprint density at radius 2 is 2.20 bits per heavy atom. The number of carbonyl (C=O) groups excluding carboxylic acids is 1. The predicted octanol–water partition coefficient (Wildman–Crippen LogP) is -0.711. The van der Waals surface area contributed by atoms with Crippen LogP contribution < -0.4 is 11.1 Å². The maximum absolute atomic E-state index is 10.8. The molecule has 1 unspecified atom stereocenters. The Morgan fingerprint density at radius 3 is 2.60 bits per heavy atom. The van der Waals surface area contributed by atoms with Crippen LogP contribution in [0, 0.1) is 0 Å². The number of amides is 1. The molecule has 3 nitrogen and oxygen atoms in total. The summed E-state index contributed by atoms with van der Waals surface area (Å²) in [6, 6.07) is -0.497. The lowest BCUT2D eigenvalue weighted by atomic mass is 10.3. The number of nitrogens with two attached hydrogens (primary N) is 1. The highest BCUT2D eigenvalue weighted by atomic mass is 32.1. The van der Waals surface area contributed by atoms with Crippen LogP contribution in [0.15, 0.2) is 0 Å². The molecule has 0 aromatic heterocycles. The third-order valence-electron chi connectivity index (χ3n) is 0.945. The second-order valence-corrected chi connectivity index (χ2v) is 2.62. The molecule has 1 atom stereocenters. The van der Waals surface area contributed by atoms with Gasteiger partial charge in [-0.2, -0.15) is 25.3 Å². The van der Waals surface area contributed by atoms with Crippen molar-refractivity contribution in [3.05, 3.63) is 0 Å². The number of hydrogen-bond acceptors (Lipinski definition) is 4. The van der Waals surface area contributed by atoms with Gasteiger partial charge in [0.05, 0.1) is 6.04 Å². The van der Waals surface area contributed by atoms with E-state index in [2.05, 4.69) is 30.6 Å². The fourth-order valence-corrected chi connectivity index (χ4v) is 0.671. The average molecular weight is 180 g/mol. The van der Waals surface area contributed by atoms with Crippen molar-refractivity contribution in [3.8, 4) is 0 Å². The van der Waals surface area contributed by atoms with Crippen LogP contribution in [0.1, 0.15) is 0 Å². The van der Waals surface area contributed by atoms with Gasteiger partial charge in [0.2, 0.25) is 5.91 Å². The highest BCUT2D eigenvalue weighted by Crippen LogP contribution is 1.82. The molecule has 0 saturated heterocycles. The summed E-state index contributed by atoms with van der Waals surface area (Å²) in [5.41, 5.74) is 5.34. The van der Waals surface area contributed by atoms with Gasteiger partial charge in [0.25, 0.3) is 0 Å². The summed E-state index contributed by atoms with van der Waals surface area (Å²) in [6.07, 6.45) is 0. The van der Waals surface area contributed by atoms with Crippen LogP contribution in [0.5, 0.6) is 0 Å². The highest BCUT2D eigenvalue weighted by molar-refractivity contribution is 7.80. The molecule has 0 aliphatic rings. The molecule has 0 heterocycles. The van der Waals surface area contributed by atoms with E-state index in [1.807, 2.05) is 0 Å². The van der Waals surface area contributed by atoms with E-state index < -0.39 is 6.04 Å². The van der Waals surface area contributed by atoms with Crippen LogP contribution in [0.3, 0.4) is 0 Å². The van der Waals surface area contributed by atoms with Crippen molar-refractivity contribution in [2.75, 3.05) is 18.1 Å². The monoisotopic (exact) mass is 180 g/mol. The predicted molar refractivity (Wildman–Crippen MR) is 48.7 cm³/mol. The Labute approximate surface area is 71.6 Å². The van der Waals surface area contributed by atoms with Gasteiger partial charge in [-0.1, -0.05) is 0 Å². The third-order valence-corrected chi connectivity index (χ3v) is 1.56. The maximum atomic E-state index is 10.8. The van der Waals surface area contributed by atoms with E-state index in [9.17, 15) is 4.79 Å². The summed E-state index contributed by atoms with van der Waals surface area (Å²) < 4.78 is 0. The van der Waals surface area contributed by atoms with E-state index in [1.165, 1.54) is 0 Å². The van der Waals surface area contributed by atoms with Crippen molar-refractivity contribution < 1.29 is 4.79 Å². The summed E-state index contributed by atoms with van der Waals surface area (Å²) in [5, 5.41) is 2.59. The third kappa shape index (κ3) is 4.03. The number of thiol groups is 2. The Morgan fingerprint density at radius 1 is 1.60 bits per heavy atom. The molecular weight excluding hydrogens is 168 g/mol. The summed E-state index contributed by atoms with van der Waals surface area (Å²) >= 11 is 7.79.